The number of nitrogens with zero attached hydrogens (tertiary/aromatic N) is 1. The smallest absolute Gasteiger partial charge is 0.239 e. The van der Waals surface area contributed by atoms with Crippen LogP contribution in [0.1, 0.15) is 18.2 Å². The van der Waals surface area contributed by atoms with Crippen LogP contribution in [0.4, 0.5) is 4.39 Å². The maximum Gasteiger partial charge on any atom is 0.239 e. The van der Waals surface area contributed by atoms with E-state index >= 15 is 0 Å². The maximum absolute atomic E-state index is 12.9. The third kappa shape index (κ3) is 6.12. The Labute approximate surface area is 140 Å². The minimum Gasteiger partial charge on any atom is -0.467 e. The molecular formula is C17H21FN4O2. The fourth-order valence-electron chi connectivity index (χ4n) is 1.93. The molecule has 1 aromatic carbocycles. The van der Waals surface area contributed by atoms with Crippen LogP contribution in [-0.4, -0.2) is 25.0 Å². The van der Waals surface area contributed by atoms with Crippen LogP contribution in [0.3, 0.4) is 0 Å². The van der Waals surface area contributed by atoms with E-state index in [9.17, 15) is 9.18 Å². The van der Waals surface area contributed by atoms with Gasteiger partial charge >= 0.3 is 0 Å². The monoisotopic (exact) mass is 332 g/mol. The number of aliphatic imine (C=N–C) groups is 1. The third-order valence-corrected chi connectivity index (χ3v) is 3.13. The molecule has 6 nitrogen and oxygen atoms in total. The fraction of sp³-hybridized carbons (Fsp3) is 0.294. The summed E-state index contributed by atoms with van der Waals surface area (Å²) in [5.74, 6) is 0.773. The SMILES string of the molecule is CCNC(=NCc1ccc(F)cc1)NCC(=O)NCc1ccco1. The number of guanidine groups is 1. The van der Waals surface area contributed by atoms with Crippen LogP contribution < -0.4 is 16.0 Å². The maximum atomic E-state index is 12.9. The molecule has 2 aromatic rings. The predicted octanol–water partition coefficient (Wildman–Crippen LogP) is 1.79. The summed E-state index contributed by atoms with van der Waals surface area (Å²) in [5.41, 5.74) is 0.885. The minimum atomic E-state index is -0.277. The van der Waals surface area contributed by atoms with Crippen molar-refractivity contribution in [2.75, 3.05) is 13.1 Å². The van der Waals surface area contributed by atoms with Crippen LogP contribution in [0.15, 0.2) is 52.1 Å². The molecule has 0 radical (unpaired) electrons. The third-order valence-electron chi connectivity index (χ3n) is 3.13. The van der Waals surface area contributed by atoms with Gasteiger partial charge in [-0.2, -0.15) is 0 Å². The Hall–Kier alpha value is -2.83. The Bertz CT molecular complexity index is 654. The highest BCUT2D eigenvalue weighted by atomic mass is 19.1. The average molecular weight is 332 g/mol. The van der Waals surface area contributed by atoms with Gasteiger partial charge in [-0.05, 0) is 36.8 Å². The summed E-state index contributed by atoms with van der Waals surface area (Å²) in [7, 11) is 0. The number of rotatable bonds is 7. The van der Waals surface area contributed by atoms with Crippen molar-refractivity contribution in [3.63, 3.8) is 0 Å². The standard InChI is InChI=1S/C17H21FN4O2/c1-2-19-17(21-10-13-5-7-14(18)8-6-13)22-12-16(23)20-11-15-4-3-9-24-15/h3-9H,2,10-12H2,1H3,(H,20,23)(H2,19,21,22). The molecule has 0 saturated heterocycles. The average Bonchev–Trinajstić information content (AvgIpc) is 3.10. The first-order valence-corrected chi connectivity index (χ1v) is 7.73. The molecule has 128 valence electrons. The zero-order valence-electron chi connectivity index (χ0n) is 13.5. The van der Waals surface area contributed by atoms with E-state index in [1.54, 1.807) is 30.5 Å². The Morgan fingerprint density at radius 3 is 2.62 bits per heavy atom. The number of carbonyl (C=O) groups is 1. The highest BCUT2D eigenvalue weighted by Crippen LogP contribution is 2.03. The normalized spacial score (nSPS) is 11.2. The first-order valence-electron chi connectivity index (χ1n) is 7.73. The zero-order chi connectivity index (χ0) is 17.2. The van der Waals surface area contributed by atoms with Gasteiger partial charge in [-0.15, -0.1) is 0 Å². The molecule has 0 saturated carbocycles. The van der Waals surface area contributed by atoms with Gasteiger partial charge in [0, 0.05) is 6.54 Å². The van der Waals surface area contributed by atoms with Crippen LogP contribution in [-0.2, 0) is 17.9 Å². The van der Waals surface area contributed by atoms with Crippen LogP contribution in [0.5, 0.6) is 0 Å². The van der Waals surface area contributed by atoms with Gasteiger partial charge < -0.3 is 20.4 Å². The molecule has 24 heavy (non-hydrogen) atoms. The van der Waals surface area contributed by atoms with E-state index in [-0.39, 0.29) is 18.3 Å². The van der Waals surface area contributed by atoms with Gasteiger partial charge in [-0.1, -0.05) is 12.1 Å². The number of hydrogen-bond donors (Lipinski definition) is 3. The number of carbonyl (C=O) groups excluding carboxylic acids is 1. The summed E-state index contributed by atoms with van der Waals surface area (Å²) in [6.45, 7) is 3.44. The molecular weight excluding hydrogens is 311 g/mol. The van der Waals surface area contributed by atoms with Crippen molar-refractivity contribution < 1.29 is 13.6 Å². The number of hydrogen-bond acceptors (Lipinski definition) is 3. The van der Waals surface area contributed by atoms with E-state index in [1.807, 2.05) is 6.92 Å². The second kappa shape index (κ2) is 9.34. The molecule has 1 heterocycles. The van der Waals surface area contributed by atoms with Crippen LogP contribution in [0, 0.1) is 5.82 Å². The largest absolute Gasteiger partial charge is 0.467 e. The van der Waals surface area contributed by atoms with E-state index in [1.165, 1.54) is 12.1 Å². The van der Waals surface area contributed by atoms with Crippen LogP contribution in [0.25, 0.3) is 0 Å². The summed E-state index contributed by atoms with van der Waals surface area (Å²) in [6, 6.07) is 9.71. The molecule has 0 aliphatic carbocycles. The zero-order valence-corrected chi connectivity index (χ0v) is 13.5. The van der Waals surface area contributed by atoms with Gasteiger partial charge in [0.1, 0.15) is 11.6 Å². The van der Waals surface area contributed by atoms with Crippen molar-refractivity contribution in [2.24, 2.45) is 4.99 Å². The van der Waals surface area contributed by atoms with Gasteiger partial charge in [0.2, 0.25) is 5.91 Å². The molecule has 3 N–H and O–H groups in total. The van der Waals surface area contributed by atoms with E-state index in [2.05, 4.69) is 20.9 Å². The van der Waals surface area contributed by atoms with Gasteiger partial charge in [-0.25, -0.2) is 9.38 Å². The minimum absolute atomic E-state index is 0.0932. The first kappa shape index (κ1) is 17.5. The van der Waals surface area contributed by atoms with Crippen molar-refractivity contribution in [1.82, 2.24) is 16.0 Å². The van der Waals surface area contributed by atoms with Crippen molar-refractivity contribution in [3.05, 3.63) is 59.8 Å². The van der Waals surface area contributed by atoms with Crippen molar-refractivity contribution in [1.29, 1.82) is 0 Å². The van der Waals surface area contributed by atoms with Crippen LogP contribution in [0.2, 0.25) is 0 Å². The molecule has 0 bridgehead atoms. The molecule has 1 aromatic heterocycles. The second-order valence-corrected chi connectivity index (χ2v) is 5.03. The summed E-state index contributed by atoms with van der Waals surface area (Å²) >= 11 is 0. The number of benzene rings is 1. The van der Waals surface area contributed by atoms with Crippen molar-refractivity contribution >= 4 is 11.9 Å². The number of nitrogens with one attached hydrogen (secondary N) is 3. The highest BCUT2D eigenvalue weighted by Gasteiger charge is 2.04. The van der Waals surface area contributed by atoms with Gasteiger partial charge in [0.05, 0.1) is 25.9 Å². The predicted molar refractivity (Wildman–Crippen MR) is 89.8 cm³/mol. The molecule has 0 aliphatic heterocycles. The lowest BCUT2D eigenvalue weighted by Crippen LogP contribution is -2.43. The Balaban J connectivity index is 1.80. The van der Waals surface area contributed by atoms with Crippen LogP contribution >= 0.6 is 0 Å². The fourth-order valence-corrected chi connectivity index (χ4v) is 1.93. The molecule has 0 fully saturated rings. The Kier molecular flexibility index (Phi) is 6.82. The molecule has 0 spiro atoms. The molecule has 0 unspecified atom stereocenters. The Morgan fingerprint density at radius 1 is 1.17 bits per heavy atom. The summed E-state index contributed by atoms with van der Waals surface area (Å²) < 4.78 is 18.0. The lowest BCUT2D eigenvalue weighted by Gasteiger charge is -2.11. The van der Waals surface area contributed by atoms with E-state index in [0.717, 1.165) is 5.56 Å². The highest BCUT2D eigenvalue weighted by molar-refractivity contribution is 5.86. The van der Waals surface area contributed by atoms with E-state index in [0.29, 0.717) is 31.4 Å². The van der Waals surface area contributed by atoms with Gasteiger partial charge in [0.25, 0.3) is 0 Å². The molecule has 1 amide bonds. The van der Waals surface area contributed by atoms with Gasteiger partial charge in [0.15, 0.2) is 5.96 Å². The summed E-state index contributed by atoms with van der Waals surface area (Å²) in [5, 5.41) is 8.75. The van der Waals surface area contributed by atoms with Crippen molar-refractivity contribution in [3.8, 4) is 0 Å². The summed E-state index contributed by atoms with van der Waals surface area (Å²) in [6.07, 6.45) is 1.56. The molecule has 7 heteroatoms. The summed E-state index contributed by atoms with van der Waals surface area (Å²) in [4.78, 5) is 16.2. The number of halogens is 1. The molecule has 2 rings (SSSR count). The number of furan rings is 1. The lowest BCUT2D eigenvalue weighted by atomic mass is 10.2. The quantitative estimate of drug-likeness (QED) is 0.533. The van der Waals surface area contributed by atoms with E-state index < -0.39 is 0 Å². The number of amides is 1. The second-order valence-electron chi connectivity index (χ2n) is 5.03. The van der Waals surface area contributed by atoms with E-state index in [4.69, 9.17) is 4.42 Å². The van der Waals surface area contributed by atoms with Crippen molar-refractivity contribution in [2.45, 2.75) is 20.0 Å². The lowest BCUT2D eigenvalue weighted by molar-refractivity contribution is -0.120. The van der Waals surface area contributed by atoms with Gasteiger partial charge in [-0.3, -0.25) is 4.79 Å². The molecule has 0 aliphatic rings. The topological polar surface area (TPSA) is 78.7 Å². The molecule has 0 atom stereocenters. The Morgan fingerprint density at radius 2 is 1.96 bits per heavy atom. The first-order chi connectivity index (χ1) is 11.7.